The molecule has 0 atom stereocenters. The highest BCUT2D eigenvalue weighted by molar-refractivity contribution is 6.28. The summed E-state index contributed by atoms with van der Waals surface area (Å²) in [6.45, 7) is 4.35. The maximum Gasteiger partial charge on any atom is 0.322 e. The van der Waals surface area contributed by atoms with Gasteiger partial charge in [-0.25, -0.2) is 0 Å². The van der Waals surface area contributed by atoms with Crippen molar-refractivity contribution in [1.82, 2.24) is 15.0 Å². The van der Waals surface area contributed by atoms with Gasteiger partial charge in [-0.05, 0) is 31.4 Å². The second-order valence-corrected chi connectivity index (χ2v) is 4.74. The quantitative estimate of drug-likeness (QED) is 0.836. The largest absolute Gasteiger partial charge is 0.464 e. The summed E-state index contributed by atoms with van der Waals surface area (Å²) < 4.78 is 10.8. The fraction of sp³-hybridized carbons (Fsp3) is 0.750. The van der Waals surface area contributed by atoms with Crippen LogP contribution in [-0.2, 0) is 4.74 Å². The molecule has 1 saturated heterocycles. The summed E-state index contributed by atoms with van der Waals surface area (Å²) in [7, 11) is 0. The molecule has 0 aliphatic carbocycles. The molecule has 8 heteroatoms. The number of rotatable bonds is 6. The SMILES string of the molecule is CCOc1nc(Cl)nc(N2CCC(OCCO)CC2)n1. The number of hydrogen-bond acceptors (Lipinski definition) is 7. The highest BCUT2D eigenvalue weighted by atomic mass is 35.5. The number of halogens is 1. The van der Waals surface area contributed by atoms with Crippen molar-refractivity contribution in [3.8, 4) is 6.01 Å². The molecule has 20 heavy (non-hydrogen) atoms. The molecular formula is C12H19ClN4O3. The zero-order valence-corrected chi connectivity index (χ0v) is 12.2. The van der Waals surface area contributed by atoms with Crippen molar-refractivity contribution < 1.29 is 14.6 Å². The van der Waals surface area contributed by atoms with Gasteiger partial charge in [0.15, 0.2) is 0 Å². The van der Waals surface area contributed by atoms with Gasteiger partial charge in [-0.15, -0.1) is 0 Å². The fourth-order valence-electron chi connectivity index (χ4n) is 2.10. The zero-order chi connectivity index (χ0) is 14.4. The number of nitrogens with zero attached hydrogens (tertiary/aromatic N) is 4. The second-order valence-electron chi connectivity index (χ2n) is 4.40. The van der Waals surface area contributed by atoms with Crippen LogP contribution < -0.4 is 9.64 Å². The van der Waals surface area contributed by atoms with Crippen LogP contribution >= 0.6 is 11.6 Å². The molecule has 1 aromatic heterocycles. The van der Waals surface area contributed by atoms with E-state index < -0.39 is 0 Å². The van der Waals surface area contributed by atoms with Crippen molar-refractivity contribution in [1.29, 1.82) is 0 Å². The van der Waals surface area contributed by atoms with Crippen LogP contribution in [0.1, 0.15) is 19.8 Å². The minimum absolute atomic E-state index is 0.0566. The van der Waals surface area contributed by atoms with Crippen LogP contribution in [0.3, 0.4) is 0 Å². The third-order valence-electron chi connectivity index (χ3n) is 3.02. The predicted molar refractivity (Wildman–Crippen MR) is 74.3 cm³/mol. The van der Waals surface area contributed by atoms with E-state index in [1.807, 2.05) is 11.8 Å². The molecule has 0 amide bonds. The highest BCUT2D eigenvalue weighted by Gasteiger charge is 2.22. The number of aliphatic hydroxyl groups excluding tert-OH is 1. The Balaban J connectivity index is 1.96. The Kier molecular flexibility index (Phi) is 5.75. The molecule has 0 saturated carbocycles. The van der Waals surface area contributed by atoms with Crippen LogP contribution in [0.4, 0.5) is 5.95 Å². The Morgan fingerprint density at radius 3 is 2.70 bits per heavy atom. The first kappa shape index (κ1) is 15.2. The number of hydrogen-bond donors (Lipinski definition) is 1. The molecule has 0 unspecified atom stereocenters. The van der Waals surface area contributed by atoms with Crippen LogP contribution in [-0.4, -0.2) is 59.1 Å². The monoisotopic (exact) mass is 302 g/mol. The molecule has 2 heterocycles. The summed E-state index contributed by atoms with van der Waals surface area (Å²) in [5, 5.41) is 8.88. The van der Waals surface area contributed by atoms with Crippen LogP contribution in [0.15, 0.2) is 0 Å². The zero-order valence-electron chi connectivity index (χ0n) is 11.5. The molecule has 1 fully saturated rings. The lowest BCUT2D eigenvalue weighted by Crippen LogP contribution is -2.38. The minimum Gasteiger partial charge on any atom is -0.464 e. The molecule has 1 aliphatic rings. The fourth-order valence-corrected chi connectivity index (χ4v) is 2.25. The molecule has 0 radical (unpaired) electrons. The number of piperidine rings is 1. The van der Waals surface area contributed by atoms with Gasteiger partial charge < -0.3 is 19.5 Å². The van der Waals surface area contributed by atoms with Crippen molar-refractivity contribution in [2.45, 2.75) is 25.9 Å². The van der Waals surface area contributed by atoms with E-state index in [-0.39, 0.29) is 24.0 Å². The van der Waals surface area contributed by atoms with E-state index in [4.69, 9.17) is 26.2 Å². The number of aliphatic hydroxyl groups is 1. The number of anilines is 1. The van der Waals surface area contributed by atoms with Gasteiger partial charge in [0.2, 0.25) is 11.2 Å². The average Bonchev–Trinajstić information content (AvgIpc) is 2.45. The van der Waals surface area contributed by atoms with Gasteiger partial charge in [0.1, 0.15) is 0 Å². The molecule has 1 N–H and O–H groups in total. The number of aromatic nitrogens is 3. The summed E-state index contributed by atoms with van der Waals surface area (Å²) in [6.07, 6.45) is 1.92. The molecule has 0 spiro atoms. The Hall–Kier alpha value is -1.18. The van der Waals surface area contributed by atoms with Crippen LogP contribution in [0.5, 0.6) is 6.01 Å². The van der Waals surface area contributed by atoms with Crippen LogP contribution in [0.2, 0.25) is 5.28 Å². The van der Waals surface area contributed by atoms with Crippen molar-refractivity contribution in [2.24, 2.45) is 0 Å². The smallest absolute Gasteiger partial charge is 0.322 e. The maximum absolute atomic E-state index is 8.75. The Bertz CT molecular complexity index is 427. The lowest BCUT2D eigenvalue weighted by Gasteiger charge is -2.31. The first-order chi connectivity index (χ1) is 9.72. The van der Waals surface area contributed by atoms with Crippen molar-refractivity contribution >= 4 is 17.5 Å². The molecule has 0 aromatic carbocycles. The molecule has 112 valence electrons. The maximum atomic E-state index is 8.75. The lowest BCUT2D eigenvalue weighted by atomic mass is 10.1. The van der Waals surface area contributed by atoms with Crippen LogP contribution in [0.25, 0.3) is 0 Å². The Morgan fingerprint density at radius 1 is 1.30 bits per heavy atom. The lowest BCUT2D eigenvalue weighted by molar-refractivity contribution is 0.0157. The molecule has 1 aliphatic heterocycles. The van der Waals surface area contributed by atoms with E-state index >= 15 is 0 Å². The first-order valence-electron chi connectivity index (χ1n) is 6.74. The normalized spacial score (nSPS) is 16.4. The van der Waals surface area contributed by atoms with Gasteiger partial charge in [0, 0.05) is 13.1 Å². The summed E-state index contributed by atoms with van der Waals surface area (Å²) in [5.74, 6) is 0.536. The summed E-state index contributed by atoms with van der Waals surface area (Å²) in [5.41, 5.74) is 0. The van der Waals surface area contributed by atoms with Crippen molar-refractivity contribution in [2.75, 3.05) is 37.8 Å². The summed E-state index contributed by atoms with van der Waals surface area (Å²) in [6, 6.07) is 0.251. The highest BCUT2D eigenvalue weighted by Crippen LogP contribution is 2.20. The van der Waals surface area contributed by atoms with Gasteiger partial charge in [-0.1, -0.05) is 0 Å². The Morgan fingerprint density at radius 2 is 2.05 bits per heavy atom. The van der Waals surface area contributed by atoms with Gasteiger partial charge in [-0.2, -0.15) is 15.0 Å². The number of ether oxygens (including phenoxy) is 2. The average molecular weight is 303 g/mol. The van der Waals surface area contributed by atoms with Gasteiger partial charge in [0.05, 0.1) is 25.9 Å². The van der Waals surface area contributed by atoms with E-state index in [1.54, 1.807) is 0 Å². The second kappa shape index (κ2) is 7.56. The third-order valence-corrected chi connectivity index (χ3v) is 3.19. The minimum atomic E-state index is 0.0566. The van der Waals surface area contributed by atoms with E-state index in [1.165, 1.54) is 0 Å². The third kappa shape index (κ3) is 4.16. The summed E-state index contributed by atoms with van der Waals surface area (Å²) >= 11 is 5.88. The van der Waals surface area contributed by atoms with Crippen LogP contribution in [0, 0.1) is 0 Å². The topological polar surface area (TPSA) is 80.6 Å². The van der Waals surface area contributed by atoms with Crippen molar-refractivity contribution in [3.63, 3.8) is 0 Å². The molecular weight excluding hydrogens is 284 g/mol. The summed E-state index contributed by atoms with van der Waals surface area (Å²) in [4.78, 5) is 14.3. The predicted octanol–water partition coefficient (Wildman–Crippen LogP) is 0.901. The van der Waals surface area contributed by atoms with E-state index in [0.29, 0.717) is 19.2 Å². The first-order valence-corrected chi connectivity index (χ1v) is 7.12. The Labute approximate surface area is 122 Å². The molecule has 0 bridgehead atoms. The standard InChI is InChI=1S/C12H19ClN4O3/c1-2-19-12-15-10(13)14-11(16-12)17-5-3-9(4-6-17)20-8-7-18/h9,18H,2-8H2,1H3. The van der Waals surface area contributed by atoms with Gasteiger partial charge >= 0.3 is 6.01 Å². The van der Waals surface area contributed by atoms with E-state index in [2.05, 4.69) is 15.0 Å². The van der Waals surface area contributed by atoms with Crippen molar-refractivity contribution in [3.05, 3.63) is 5.28 Å². The van der Waals surface area contributed by atoms with E-state index in [0.717, 1.165) is 25.9 Å². The molecule has 1 aromatic rings. The molecule has 7 nitrogen and oxygen atoms in total. The van der Waals surface area contributed by atoms with Gasteiger partial charge in [0.25, 0.3) is 0 Å². The van der Waals surface area contributed by atoms with Gasteiger partial charge in [-0.3, -0.25) is 0 Å². The van der Waals surface area contributed by atoms with E-state index in [9.17, 15) is 0 Å². The molecule has 2 rings (SSSR count).